The van der Waals surface area contributed by atoms with E-state index in [-0.39, 0.29) is 10.5 Å². The summed E-state index contributed by atoms with van der Waals surface area (Å²) in [5.41, 5.74) is 5.80. The van der Waals surface area contributed by atoms with Crippen LogP contribution in [0.25, 0.3) is 0 Å². The van der Waals surface area contributed by atoms with Gasteiger partial charge in [-0.3, -0.25) is 9.79 Å². The molecule has 180 valence electrons. The summed E-state index contributed by atoms with van der Waals surface area (Å²) in [6.07, 6.45) is 11.3. The lowest BCUT2D eigenvalue weighted by atomic mass is 10.0. The number of nitrogens with two attached hydrogens (primary N) is 1. The van der Waals surface area contributed by atoms with Crippen molar-refractivity contribution in [2.24, 2.45) is 15.8 Å². The van der Waals surface area contributed by atoms with Gasteiger partial charge in [0, 0.05) is 16.8 Å². The van der Waals surface area contributed by atoms with Crippen LogP contribution in [0.3, 0.4) is 0 Å². The van der Waals surface area contributed by atoms with Gasteiger partial charge in [0.15, 0.2) is 0 Å². The Bertz CT molecular complexity index is 1580. The first kappa shape index (κ1) is 22.6. The van der Waals surface area contributed by atoms with Crippen molar-refractivity contribution < 1.29 is 14.1 Å². The Morgan fingerprint density at radius 2 is 1.84 bits per heavy atom. The first-order valence-electron chi connectivity index (χ1n) is 11.9. The molecule has 3 aromatic rings. The second-order valence-electron chi connectivity index (χ2n) is 8.84. The highest BCUT2D eigenvalue weighted by Crippen LogP contribution is 2.36. The number of carbonyl (C=O) groups is 1. The summed E-state index contributed by atoms with van der Waals surface area (Å²) < 4.78 is 6.07. The van der Waals surface area contributed by atoms with Gasteiger partial charge in [-0.1, -0.05) is 54.6 Å². The molecule has 2 aliphatic heterocycles. The van der Waals surface area contributed by atoms with E-state index in [9.17, 15) is 4.79 Å². The topological polar surface area (TPSA) is 89.1 Å². The number of nitrogens with one attached hydrogen (secondary N) is 1. The summed E-state index contributed by atoms with van der Waals surface area (Å²) in [5, 5.41) is 2.94. The Hall–Kier alpha value is -4.85. The monoisotopic (exact) mass is 486 g/mol. The van der Waals surface area contributed by atoms with Gasteiger partial charge in [0.2, 0.25) is 5.70 Å². The molecule has 3 aliphatic rings. The van der Waals surface area contributed by atoms with Gasteiger partial charge >= 0.3 is 0 Å². The van der Waals surface area contributed by atoms with Crippen LogP contribution >= 0.6 is 0 Å². The summed E-state index contributed by atoms with van der Waals surface area (Å²) in [6.45, 7) is 0.340. The number of hydrogen-bond acceptors (Lipinski definition) is 5. The Balaban J connectivity index is 1.18. The maximum Gasteiger partial charge on any atom is 0.265 e. The van der Waals surface area contributed by atoms with Crippen molar-refractivity contribution in [1.82, 2.24) is 0 Å². The molecule has 6 rings (SSSR count). The third-order valence-corrected chi connectivity index (χ3v) is 6.34. The molecule has 7 heteroatoms. The number of ether oxygens (including phenoxy) is 1. The molecule has 1 atom stereocenters. The molecular formula is C30H24N5O2+. The van der Waals surface area contributed by atoms with Crippen molar-refractivity contribution in [2.45, 2.75) is 6.61 Å². The Morgan fingerprint density at radius 3 is 2.65 bits per heavy atom. The number of benzene rings is 3. The summed E-state index contributed by atoms with van der Waals surface area (Å²) in [6, 6.07) is 24.5. The van der Waals surface area contributed by atoms with Gasteiger partial charge in [0.1, 0.15) is 24.3 Å². The number of anilines is 1. The normalized spacial score (nSPS) is 19.2. The van der Waals surface area contributed by atoms with Crippen LogP contribution in [0.5, 0.6) is 5.75 Å². The third-order valence-electron chi connectivity index (χ3n) is 6.34. The minimum atomic E-state index is -0.153. The van der Waals surface area contributed by atoms with Gasteiger partial charge in [0.05, 0.1) is 18.0 Å². The number of hydrogen-bond donors (Lipinski definition) is 2. The molecule has 0 saturated heterocycles. The van der Waals surface area contributed by atoms with E-state index in [0.29, 0.717) is 29.4 Å². The molecule has 1 unspecified atom stereocenters. The molecule has 1 aliphatic carbocycles. The quantitative estimate of drug-likeness (QED) is 0.354. The minimum Gasteiger partial charge on any atom is -0.489 e. The molecule has 1 amide bonds. The number of carbonyl (C=O) groups excluding carboxylic acids is 1. The minimum absolute atomic E-state index is 0.0450. The molecule has 0 aromatic heterocycles. The first-order chi connectivity index (χ1) is 18.1. The SMILES string of the molecule is N[N+]12C=CN=CC1=C(C1=CC=C1)N=C2c1cccc(OCc2cccc(NC(=O)c3ccccc3)c2)c1. The van der Waals surface area contributed by atoms with Crippen LogP contribution in [0.1, 0.15) is 21.5 Å². The Labute approximate surface area is 214 Å². The van der Waals surface area contributed by atoms with E-state index >= 15 is 0 Å². The lowest BCUT2D eigenvalue weighted by molar-refractivity contribution is -0.750. The number of nitrogens with zero attached hydrogens (tertiary/aromatic N) is 3. The van der Waals surface area contributed by atoms with E-state index in [0.717, 1.165) is 28.1 Å². The van der Waals surface area contributed by atoms with Gasteiger partial charge < -0.3 is 10.1 Å². The van der Waals surface area contributed by atoms with E-state index in [1.807, 2.05) is 91.2 Å². The highest BCUT2D eigenvalue weighted by molar-refractivity contribution is 6.04. The molecule has 7 nitrogen and oxygen atoms in total. The van der Waals surface area contributed by atoms with Crippen LogP contribution in [0.2, 0.25) is 0 Å². The highest BCUT2D eigenvalue weighted by atomic mass is 16.5. The molecular weight excluding hydrogens is 462 g/mol. The van der Waals surface area contributed by atoms with Crippen molar-refractivity contribution in [3.8, 4) is 5.75 Å². The summed E-state index contributed by atoms with van der Waals surface area (Å²) in [4.78, 5) is 21.7. The van der Waals surface area contributed by atoms with E-state index in [4.69, 9.17) is 15.6 Å². The molecule has 0 fully saturated rings. The van der Waals surface area contributed by atoms with Crippen molar-refractivity contribution >= 4 is 23.6 Å². The summed E-state index contributed by atoms with van der Waals surface area (Å²) in [7, 11) is 0. The molecule has 37 heavy (non-hydrogen) atoms. The van der Waals surface area contributed by atoms with Crippen molar-refractivity contribution in [1.29, 1.82) is 0 Å². The number of aliphatic imine (C=N–C) groups is 2. The largest absolute Gasteiger partial charge is 0.489 e. The van der Waals surface area contributed by atoms with E-state index in [1.165, 1.54) is 0 Å². The maximum atomic E-state index is 12.5. The van der Waals surface area contributed by atoms with Crippen LogP contribution in [0, 0.1) is 0 Å². The second-order valence-corrected chi connectivity index (χ2v) is 8.84. The number of quaternary nitrogens is 1. The average Bonchev–Trinajstić information content (AvgIpc) is 3.20. The number of amides is 1. The van der Waals surface area contributed by atoms with Gasteiger partial charge in [-0.25, -0.2) is 0 Å². The fraction of sp³-hybridized carbons (Fsp3) is 0.0333. The Kier molecular flexibility index (Phi) is 5.69. The van der Waals surface area contributed by atoms with E-state index in [1.54, 1.807) is 24.5 Å². The number of allylic oxidation sites excluding steroid dienone is 4. The number of rotatable bonds is 7. The van der Waals surface area contributed by atoms with Gasteiger partial charge in [-0.15, -0.1) is 4.59 Å². The fourth-order valence-electron chi connectivity index (χ4n) is 4.36. The fourth-order valence-corrected chi connectivity index (χ4v) is 4.36. The smallest absolute Gasteiger partial charge is 0.265 e. The molecule has 0 radical (unpaired) electrons. The van der Waals surface area contributed by atoms with Crippen LogP contribution in [-0.2, 0) is 6.61 Å². The number of fused-ring (bicyclic) bond motifs is 1. The highest BCUT2D eigenvalue weighted by Gasteiger charge is 2.44. The van der Waals surface area contributed by atoms with E-state index < -0.39 is 0 Å². The van der Waals surface area contributed by atoms with Crippen LogP contribution in [0.4, 0.5) is 5.69 Å². The maximum absolute atomic E-state index is 12.5. The predicted octanol–water partition coefficient (Wildman–Crippen LogP) is 5.23. The van der Waals surface area contributed by atoms with Crippen LogP contribution in [0.15, 0.2) is 136 Å². The molecule has 3 aromatic carbocycles. The van der Waals surface area contributed by atoms with Crippen molar-refractivity contribution in [3.63, 3.8) is 0 Å². The number of amidine groups is 1. The standard InChI is InChI=1S/C30H23N5O2/c31-35-16-15-32-19-27(35)28(22-10-5-11-22)34-29(35)24-12-6-14-26(18-24)37-20-21-7-4-13-25(17-21)33-30(36)23-8-2-1-3-9-23/h1-19H,20,31H2/p+1. The third kappa shape index (κ3) is 4.33. The predicted molar refractivity (Wildman–Crippen MR) is 144 cm³/mol. The zero-order valence-electron chi connectivity index (χ0n) is 19.9. The first-order valence-corrected chi connectivity index (χ1v) is 11.9. The zero-order valence-corrected chi connectivity index (χ0v) is 19.9. The lowest BCUT2D eigenvalue weighted by Gasteiger charge is -2.26. The summed E-state index contributed by atoms with van der Waals surface area (Å²) in [5.74, 6) is 8.04. The van der Waals surface area contributed by atoms with Crippen LogP contribution < -0.4 is 15.9 Å². The van der Waals surface area contributed by atoms with Gasteiger partial charge in [-0.05, 0) is 48.0 Å². The Morgan fingerprint density at radius 1 is 1.00 bits per heavy atom. The van der Waals surface area contributed by atoms with Crippen molar-refractivity contribution in [2.75, 3.05) is 5.32 Å². The zero-order chi connectivity index (χ0) is 25.2. The molecule has 0 spiro atoms. The lowest BCUT2D eigenvalue weighted by Crippen LogP contribution is -2.53. The van der Waals surface area contributed by atoms with Crippen LogP contribution in [-0.4, -0.2) is 22.5 Å². The molecule has 2 heterocycles. The average molecular weight is 487 g/mol. The molecule has 0 saturated carbocycles. The van der Waals surface area contributed by atoms with Crippen molar-refractivity contribution in [3.05, 3.63) is 143 Å². The molecule has 0 bridgehead atoms. The second kappa shape index (κ2) is 9.31. The molecule has 3 N–H and O–H groups in total. The van der Waals surface area contributed by atoms with Gasteiger partial charge in [-0.2, -0.15) is 10.8 Å². The summed E-state index contributed by atoms with van der Waals surface area (Å²) >= 11 is 0. The van der Waals surface area contributed by atoms with E-state index in [2.05, 4.69) is 10.3 Å². The van der Waals surface area contributed by atoms with Gasteiger partial charge in [0.25, 0.3) is 11.7 Å².